The molecule has 0 radical (unpaired) electrons. The van der Waals surface area contributed by atoms with Crippen molar-refractivity contribution in [3.05, 3.63) is 117 Å². The SMILES string of the molecule is Cc1ccccc1COc1ccc(/C(O)=C2\C(=O)C(=O)N(Cc3ccco3)[C@H]2c2cccs2)cc1. The Hall–Kier alpha value is -4.10. The van der Waals surface area contributed by atoms with Gasteiger partial charge in [-0.25, -0.2) is 0 Å². The standard InChI is InChI=1S/C28H23NO5S/c1-18-6-2-3-7-20(18)17-34-21-12-10-19(11-13-21)26(30)24-25(23-9-5-15-35-23)29(28(32)27(24)31)16-22-8-4-14-33-22/h2-15,25,30H,16-17H2,1H3/b26-24+/t25-/m0/s1. The first-order valence-corrected chi connectivity index (χ1v) is 12.0. The van der Waals surface area contributed by atoms with Crippen LogP contribution in [0.2, 0.25) is 0 Å². The Bertz CT molecular complexity index is 1370. The van der Waals surface area contributed by atoms with Crippen molar-refractivity contribution < 1.29 is 23.8 Å². The minimum absolute atomic E-state index is 0.0672. The average molecular weight is 486 g/mol. The van der Waals surface area contributed by atoms with Crippen LogP contribution in [0.15, 0.2) is 94.4 Å². The molecule has 2 aromatic heterocycles. The molecule has 6 nitrogen and oxygen atoms in total. The molecule has 0 bridgehead atoms. The number of furan rings is 1. The molecule has 1 aliphatic rings. The van der Waals surface area contributed by atoms with E-state index in [2.05, 4.69) is 0 Å². The van der Waals surface area contributed by atoms with Gasteiger partial charge in [-0.15, -0.1) is 11.3 Å². The Balaban J connectivity index is 1.44. The Morgan fingerprint density at radius 1 is 1.03 bits per heavy atom. The van der Waals surface area contributed by atoms with Crippen molar-refractivity contribution in [3.8, 4) is 5.75 Å². The lowest BCUT2D eigenvalue weighted by Gasteiger charge is -2.23. The van der Waals surface area contributed by atoms with Crippen LogP contribution < -0.4 is 4.74 Å². The van der Waals surface area contributed by atoms with Crippen molar-refractivity contribution >= 4 is 28.8 Å². The Morgan fingerprint density at radius 2 is 1.83 bits per heavy atom. The summed E-state index contributed by atoms with van der Waals surface area (Å²) in [5.41, 5.74) is 2.74. The van der Waals surface area contributed by atoms with E-state index in [9.17, 15) is 14.7 Å². The number of benzene rings is 2. The third kappa shape index (κ3) is 4.50. The van der Waals surface area contributed by atoms with Crippen LogP contribution in [-0.4, -0.2) is 21.7 Å². The molecule has 4 aromatic rings. The van der Waals surface area contributed by atoms with E-state index >= 15 is 0 Å². The van der Waals surface area contributed by atoms with Crippen molar-refractivity contribution in [1.29, 1.82) is 0 Å². The summed E-state index contributed by atoms with van der Waals surface area (Å²) in [6.07, 6.45) is 1.52. The zero-order valence-corrected chi connectivity index (χ0v) is 19.8. The van der Waals surface area contributed by atoms with Crippen molar-refractivity contribution in [2.75, 3.05) is 0 Å². The number of aryl methyl sites for hydroxylation is 1. The largest absolute Gasteiger partial charge is 0.507 e. The number of aliphatic hydroxyl groups is 1. The van der Waals surface area contributed by atoms with E-state index in [1.807, 2.05) is 48.7 Å². The minimum Gasteiger partial charge on any atom is -0.507 e. The third-order valence-corrected chi connectivity index (χ3v) is 6.97. The molecule has 1 saturated heterocycles. The molecule has 1 amide bonds. The van der Waals surface area contributed by atoms with E-state index in [0.717, 1.165) is 16.0 Å². The van der Waals surface area contributed by atoms with Crippen LogP contribution >= 0.6 is 11.3 Å². The molecular formula is C28H23NO5S. The molecule has 0 spiro atoms. The number of amides is 1. The quantitative estimate of drug-likeness (QED) is 0.202. The number of likely N-dealkylation sites (tertiary alicyclic amines) is 1. The second-order valence-corrected chi connectivity index (χ2v) is 9.24. The second kappa shape index (κ2) is 9.64. The predicted octanol–water partition coefficient (Wildman–Crippen LogP) is 5.85. The van der Waals surface area contributed by atoms with Gasteiger partial charge in [-0.1, -0.05) is 30.3 Å². The number of Topliss-reactive ketones (excluding diaryl/α,β-unsaturated/α-hetero) is 1. The number of hydrogen-bond acceptors (Lipinski definition) is 6. The molecule has 35 heavy (non-hydrogen) atoms. The van der Waals surface area contributed by atoms with Crippen LogP contribution in [0.1, 0.15) is 33.4 Å². The maximum atomic E-state index is 13.1. The monoisotopic (exact) mass is 485 g/mol. The topological polar surface area (TPSA) is 80.0 Å². The zero-order chi connectivity index (χ0) is 24.4. The Kier molecular flexibility index (Phi) is 6.25. The first-order chi connectivity index (χ1) is 17.0. The molecule has 2 aromatic carbocycles. The van der Waals surface area contributed by atoms with Crippen LogP contribution in [0.25, 0.3) is 5.76 Å². The first kappa shape index (κ1) is 22.7. The lowest BCUT2D eigenvalue weighted by Crippen LogP contribution is -2.28. The predicted molar refractivity (Wildman–Crippen MR) is 133 cm³/mol. The average Bonchev–Trinajstić information content (AvgIpc) is 3.63. The lowest BCUT2D eigenvalue weighted by atomic mass is 10.00. The molecular weight excluding hydrogens is 462 g/mol. The van der Waals surface area contributed by atoms with Gasteiger partial charge < -0.3 is 19.2 Å². The normalized spacial score (nSPS) is 17.2. The summed E-state index contributed by atoms with van der Waals surface area (Å²) >= 11 is 1.42. The van der Waals surface area contributed by atoms with E-state index in [1.165, 1.54) is 22.5 Å². The first-order valence-electron chi connectivity index (χ1n) is 11.1. The van der Waals surface area contributed by atoms with Gasteiger partial charge in [-0.05, 0) is 65.9 Å². The molecule has 1 atom stereocenters. The Labute approximate surface area is 206 Å². The minimum atomic E-state index is -0.715. The number of aliphatic hydroxyl groups excluding tert-OH is 1. The molecule has 3 heterocycles. The molecule has 5 rings (SSSR count). The fraction of sp³-hybridized carbons (Fsp3) is 0.143. The number of rotatable bonds is 7. The van der Waals surface area contributed by atoms with Crippen LogP contribution in [0.4, 0.5) is 0 Å². The number of carbonyl (C=O) groups is 2. The summed E-state index contributed by atoms with van der Waals surface area (Å²) in [5, 5.41) is 13.1. The van der Waals surface area contributed by atoms with E-state index in [1.54, 1.807) is 36.4 Å². The molecule has 1 aliphatic heterocycles. The maximum Gasteiger partial charge on any atom is 0.296 e. The molecule has 0 aliphatic carbocycles. The molecule has 0 unspecified atom stereocenters. The van der Waals surface area contributed by atoms with Gasteiger partial charge in [0.2, 0.25) is 0 Å². The summed E-state index contributed by atoms with van der Waals surface area (Å²) in [7, 11) is 0. The van der Waals surface area contributed by atoms with Gasteiger partial charge >= 0.3 is 0 Å². The van der Waals surface area contributed by atoms with E-state index in [0.29, 0.717) is 23.7 Å². The van der Waals surface area contributed by atoms with Crippen molar-refractivity contribution in [2.24, 2.45) is 0 Å². The highest BCUT2D eigenvalue weighted by Gasteiger charge is 2.46. The zero-order valence-electron chi connectivity index (χ0n) is 19.0. The van der Waals surface area contributed by atoms with Gasteiger partial charge in [0, 0.05) is 10.4 Å². The number of thiophene rings is 1. The number of ketones is 1. The third-order valence-electron chi connectivity index (χ3n) is 6.04. The van der Waals surface area contributed by atoms with E-state index < -0.39 is 17.7 Å². The number of nitrogens with zero attached hydrogens (tertiary/aromatic N) is 1. The summed E-state index contributed by atoms with van der Waals surface area (Å²) < 4.78 is 11.3. The van der Waals surface area contributed by atoms with Gasteiger partial charge in [0.25, 0.3) is 11.7 Å². The smallest absolute Gasteiger partial charge is 0.296 e. The summed E-state index contributed by atoms with van der Waals surface area (Å²) in [4.78, 5) is 28.3. The fourth-order valence-corrected chi connectivity index (χ4v) is 5.00. The maximum absolute atomic E-state index is 13.1. The van der Waals surface area contributed by atoms with Gasteiger partial charge in [0.15, 0.2) is 0 Å². The van der Waals surface area contributed by atoms with Crippen molar-refractivity contribution in [1.82, 2.24) is 4.90 Å². The summed E-state index contributed by atoms with van der Waals surface area (Å²) in [5.74, 6) is -0.400. The fourth-order valence-electron chi connectivity index (χ4n) is 4.15. The molecule has 176 valence electrons. The number of hydrogen-bond donors (Lipinski definition) is 1. The van der Waals surface area contributed by atoms with Crippen molar-refractivity contribution in [3.63, 3.8) is 0 Å². The highest BCUT2D eigenvalue weighted by Crippen LogP contribution is 2.42. The van der Waals surface area contributed by atoms with Crippen LogP contribution in [-0.2, 0) is 22.7 Å². The molecule has 1 fully saturated rings. The highest BCUT2D eigenvalue weighted by atomic mass is 32.1. The van der Waals surface area contributed by atoms with Gasteiger partial charge in [-0.3, -0.25) is 9.59 Å². The molecule has 1 N–H and O–H groups in total. The summed E-state index contributed by atoms with van der Waals surface area (Å²) in [6, 6.07) is 21.4. The van der Waals surface area contributed by atoms with Crippen LogP contribution in [0.3, 0.4) is 0 Å². The number of carbonyl (C=O) groups excluding carboxylic acids is 2. The van der Waals surface area contributed by atoms with Gasteiger partial charge in [0.1, 0.15) is 29.9 Å². The van der Waals surface area contributed by atoms with E-state index in [-0.39, 0.29) is 17.9 Å². The van der Waals surface area contributed by atoms with Crippen LogP contribution in [0, 0.1) is 6.92 Å². The highest BCUT2D eigenvalue weighted by molar-refractivity contribution is 7.10. The summed E-state index contributed by atoms with van der Waals surface area (Å²) in [6.45, 7) is 2.59. The van der Waals surface area contributed by atoms with E-state index in [4.69, 9.17) is 9.15 Å². The van der Waals surface area contributed by atoms with Gasteiger partial charge in [0.05, 0.1) is 18.4 Å². The molecule has 7 heteroatoms. The molecule has 0 saturated carbocycles. The second-order valence-electron chi connectivity index (χ2n) is 8.26. The lowest BCUT2D eigenvalue weighted by molar-refractivity contribution is -0.140. The van der Waals surface area contributed by atoms with Crippen LogP contribution in [0.5, 0.6) is 5.75 Å². The Morgan fingerprint density at radius 3 is 2.51 bits per heavy atom. The number of ether oxygens (including phenoxy) is 1. The van der Waals surface area contributed by atoms with Crippen molar-refractivity contribution in [2.45, 2.75) is 26.1 Å². The van der Waals surface area contributed by atoms with Gasteiger partial charge in [-0.2, -0.15) is 0 Å².